The van der Waals surface area contributed by atoms with Gasteiger partial charge in [-0.15, -0.1) is 0 Å². The summed E-state index contributed by atoms with van der Waals surface area (Å²) in [5.74, 6) is 3.98. The van der Waals surface area contributed by atoms with Crippen LogP contribution < -0.4 is 10.2 Å². The van der Waals surface area contributed by atoms with Gasteiger partial charge in [0.05, 0.1) is 0 Å². The molecular formula is C16H26N4. The van der Waals surface area contributed by atoms with E-state index in [2.05, 4.69) is 28.2 Å². The Bertz CT molecular complexity index is 460. The van der Waals surface area contributed by atoms with E-state index in [0.29, 0.717) is 0 Å². The van der Waals surface area contributed by atoms with Gasteiger partial charge >= 0.3 is 0 Å². The van der Waals surface area contributed by atoms with Gasteiger partial charge in [-0.05, 0) is 38.0 Å². The van der Waals surface area contributed by atoms with E-state index in [1.54, 1.807) is 0 Å². The van der Waals surface area contributed by atoms with Crippen molar-refractivity contribution in [1.82, 2.24) is 9.97 Å². The fourth-order valence-electron chi connectivity index (χ4n) is 3.83. The molecule has 2 unspecified atom stereocenters. The van der Waals surface area contributed by atoms with Crippen LogP contribution in [-0.2, 0) is 6.42 Å². The molecule has 2 heterocycles. The van der Waals surface area contributed by atoms with Crippen molar-refractivity contribution in [3.8, 4) is 0 Å². The van der Waals surface area contributed by atoms with E-state index in [1.807, 2.05) is 7.05 Å². The van der Waals surface area contributed by atoms with Gasteiger partial charge in [0.2, 0.25) is 0 Å². The molecule has 0 bridgehead atoms. The number of anilines is 2. The standard InChI is InChI=1S/C16H26N4/c1-3-6-14-18-15(17-2)11-16(19-14)20-10-5-8-12-7-4-9-13(12)20/h11-13H,3-10H2,1-2H3,(H,17,18,19). The molecule has 4 nitrogen and oxygen atoms in total. The molecule has 3 rings (SSSR count). The highest BCUT2D eigenvalue weighted by atomic mass is 15.2. The van der Waals surface area contributed by atoms with Crippen molar-refractivity contribution in [2.75, 3.05) is 23.8 Å². The molecule has 1 aliphatic heterocycles. The van der Waals surface area contributed by atoms with Crippen LogP contribution in [0.3, 0.4) is 0 Å². The van der Waals surface area contributed by atoms with Gasteiger partial charge in [0.1, 0.15) is 17.5 Å². The molecule has 1 saturated heterocycles. The minimum Gasteiger partial charge on any atom is -0.373 e. The van der Waals surface area contributed by atoms with E-state index in [9.17, 15) is 0 Å². The van der Waals surface area contributed by atoms with Crippen molar-refractivity contribution in [3.63, 3.8) is 0 Å². The predicted molar refractivity (Wildman–Crippen MR) is 83.3 cm³/mol. The molecule has 1 saturated carbocycles. The number of nitrogens with one attached hydrogen (secondary N) is 1. The summed E-state index contributed by atoms with van der Waals surface area (Å²) in [6, 6.07) is 2.85. The van der Waals surface area contributed by atoms with Crippen LogP contribution in [0.5, 0.6) is 0 Å². The molecule has 0 radical (unpaired) electrons. The summed E-state index contributed by atoms with van der Waals surface area (Å²) in [5.41, 5.74) is 0. The first-order valence-electron chi connectivity index (χ1n) is 8.14. The number of nitrogens with zero attached hydrogens (tertiary/aromatic N) is 3. The smallest absolute Gasteiger partial charge is 0.134 e. The van der Waals surface area contributed by atoms with Crippen molar-refractivity contribution >= 4 is 11.6 Å². The van der Waals surface area contributed by atoms with Crippen molar-refractivity contribution in [1.29, 1.82) is 0 Å². The number of hydrogen-bond acceptors (Lipinski definition) is 4. The predicted octanol–water partition coefficient (Wildman–Crippen LogP) is 3.24. The fraction of sp³-hybridized carbons (Fsp3) is 0.750. The van der Waals surface area contributed by atoms with Crippen LogP contribution >= 0.6 is 0 Å². The molecule has 2 fully saturated rings. The third kappa shape index (κ3) is 2.60. The third-order valence-electron chi connectivity index (χ3n) is 4.78. The number of hydrogen-bond donors (Lipinski definition) is 1. The van der Waals surface area contributed by atoms with Gasteiger partial charge in [0, 0.05) is 32.1 Å². The van der Waals surface area contributed by atoms with Crippen molar-refractivity contribution in [3.05, 3.63) is 11.9 Å². The Labute approximate surface area is 122 Å². The third-order valence-corrected chi connectivity index (χ3v) is 4.78. The second kappa shape index (κ2) is 5.98. The molecule has 0 aromatic carbocycles. The van der Waals surface area contributed by atoms with E-state index in [0.717, 1.165) is 48.8 Å². The molecule has 0 amide bonds. The van der Waals surface area contributed by atoms with Crippen molar-refractivity contribution in [2.45, 2.75) is 57.9 Å². The second-order valence-electron chi connectivity index (χ2n) is 6.12. The van der Waals surface area contributed by atoms with E-state index in [4.69, 9.17) is 4.98 Å². The lowest BCUT2D eigenvalue weighted by Crippen LogP contribution is -2.43. The zero-order valence-electron chi connectivity index (χ0n) is 12.7. The van der Waals surface area contributed by atoms with Crippen LogP contribution in [-0.4, -0.2) is 29.6 Å². The highest BCUT2D eigenvalue weighted by Gasteiger charge is 2.35. The van der Waals surface area contributed by atoms with Gasteiger partial charge < -0.3 is 10.2 Å². The lowest BCUT2D eigenvalue weighted by atomic mass is 9.92. The van der Waals surface area contributed by atoms with E-state index in [-0.39, 0.29) is 0 Å². The Morgan fingerprint density at radius 1 is 1.25 bits per heavy atom. The van der Waals surface area contributed by atoms with Crippen LogP contribution in [0.15, 0.2) is 6.07 Å². The average molecular weight is 274 g/mol. The Morgan fingerprint density at radius 3 is 2.90 bits per heavy atom. The van der Waals surface area contributed by atoms with Crippen LogP contribution in [0.25, 0.3) is 0 Å². The molecule has 2 aliphatic rings. The van der Waals surface area contributed by atoms with Crippen LogP contribution in [0.4, 0.5) is 11.6 Å². The van der Waals surface area contributed by atoms with Gasteiger partial charge in [0.25, 0.3) is 0 Å². The maximum Gasteiger partial charge on any atom is 0.134 e. The Hall–Kier alpha value is -1.32. The summed E-state index contributed by atoms with van der Waals surface area (Å²) in [4.78, 5) is 12.0. The van der Waals surface area contributed by atoms with E-state index in [1.165, 1.54) is 32.1 Å². The molecule has 1 aliphatic carbocycles. The molecule has 20 heavy (non-hydrogen) atoms. The molecule has 2 atom stereocenters. The highest BCUT2D eigenvalue weighted by molar-refractivity contribution is 5.50. The minimum atomic E-state index is 0.720. The normalized spacial score (nSPS) is 25.6. The summed E-state index contributed by atoms with van der Waals surface area (Å²) in [5, 5.41) is 3.19. The van der Waals surface area contributed by atoms with Crippen LogP contribution in [0.1, 0.15) is 51.3 Å². The highest BCUT2D eigenvalue weighted by Crippen LogP contribution is 2.38. The molecule has 1 aromatic rings. The van der Waals surface area contributed by atoms with Gasteiger partial charge in [-0.2, -0.15) is 0 Å². The Kier molecular flexibility index (Phi) is 4.08. The number of aromatic nitrogens is 2. The van der Waals surface area contributed by atoms with E-state index < -0.39 is 0 Å². The lowest BCUT2D eigenvalue weighted by molar-refractivity contribution is 0.360. The molecule has 0 spiro atoms. The van der Waals surface area contributed by atoms with Gasteiger partial charge in [-0.1, -0.05) is 13.3 Å². The first kappa shape index (κ1) is 13.7. The molecule has 1 aromatic heterocycles. The van der Waals surface area contributed by atoms with Crippen LogP contribution in [0, 0.1) is 5.92 Å². The Morgan fingerprint density at radius 2 is 2.10 bits per heavy atom. The topological polar surface area (TPSA) is 41.1 Å². The van der Waals surface area contributed by atoms with Gasteiger partial charge in [-0.3, -0.25) is 0 Å². The van der Waals surface area contributed by atoms with Crippen molar-refractivity contribution < 1.29 is 0 Å². The molecule has 4 heteroatoms. The monoisotopic (exact) mass is 274 g/mol. The average Bonchev–Trinajstić information content (AvgIpc) is 2.95. The van der Waals surface area contributed by atoms with Gasteiger partial charge in [0.15, 0.2) is 0 Å². The quantitative estimate of drug-likeness (QED) is 0.915. The van der Waals surface area contributed by atoms with Crippen molar-refractivity contribution in [2.24, 2.45) is 5.92 Å². The molecule has 1 N–H and O–H groups in total. The maximum atomic E-state index is 4.83. The number of rotatable bonds is 4. The number of aryl methyl sites for hydroxylation is 1. The summed E-state index contributed by atoms with van der Waals surface area (Å²) >= 11 is 0. The second-order valence-corrected chi connectivity index (χ2v) is 6.12. The largest absolute Gasteiger partial charge is 0.373 e. The first-order valence-corrected chi connectivity index (χ1v) is 8.14. The van der Waals surface area contributed by atoms with Gasteiger partial charge in [-0.25, -0.2) is 9.97 Å². The molecule has 110 valence electrons. The summed E-state index contributed by atoms with van der Waals surface area (Å²) < 4.78 is 0. The summed E-state index contributed by atoms with van der Waals surface area (Å²) in [7, 11) is 1.94. The first-order chi connectivity index (χ1) is 9.81. The fourth-order valence-corrected chi connectivity index (χ4v) is 3.83. The summed E-state index contributed by atoms with van der Waals surface area (Å²) in [6.07, 6.45) is 8.91. The molecular weight excluding hydrogens is 248 g/mol. The maximum absolute atomic E-state index is 4.83. The number of piperidine rings is 1. The SMILES string of the molecule is CCCc1nc(NC)cc(N2CCCC3CCCC32)n1. The summed E-state index contributed by atoms with van der Waals surface area (Å²) in [6.45, 7) is 3.34. The minimum absolute atomic E-state index is 0.720. The Balaban J connectivity index is 1.89. The zero-order chi connectivity index (χ0) is 13.9. The zero-order valence-corrected chi connectivity index (χ0v) is 12.7. The lowest BCUT2D eigenvalue weighted by Gasteiger charge is -2.38. The van der Waals surface area contributed by atoms with Crippen LogP contribution in [0.2, 0.25) is 0 Å². The number of fused-ring (bicyclic) bond motifs is 1. The van der Waals surface area contributed by atoms with E-state index >= 15 is 0 Å².